The van der Waals surface area contributed by atoms with Gasteiger partial charge in [-0.3, -0.25) is 9.69 Å². The van der Waals surface area contributed by atoms with E-state index in [1.807, 2.05) is 0 Å². The number of carbonyl (C=O) groups excluding carboxylic acids is 1. The highest BCUT2D eigenvalue weighted by Gasteiger charge is 2.29. The Hall–Kier alpha value is -2.15. The van der Waals surface area contributed by atoms with E-state index in [-0.39, 0.29) is 11.8 Å². The van der Waals surface area contributed by atoms with E-state index >= 15 is 0 Å². The molecule has 0 radical (unpaired) electrons. The molecule has 86 valence electrons. The van der Waals surface area contributed by atoms with Gasteiger partial charge in [-0.25, -0.2) is 4.98 Å². The van der Waals surface area contributed by atoms with Crippen LogP contribution in [0.3, 0.4) is 0 Å². The second-order valence-corrected chi connectivity index (χ2v) is 4.12. The van der Waals surface area contributed by atoms with Crippen LogP contribution in [0.2, 0.25) is 0 Å². The minimum atomic E-state index is 0.0616. The van der Waals surface area contributed by atoms with Crippen molar-refractivity contribution >= 4 is 11.7 Å². The Balaban J connectivity index is 2.30. The number of hydrogen-bond acceptors (Lipinski definition) is 3. The number of aromatic nitrogens is 1. The van der Waals surface area contributed by atoms with Crippen molar-refractivity contribution in [1.29, 1.82) is 5.26 Å². The number of nitrogens with zero attached hydrogens (tertiary/aromatic N) is 3. The van der Waals surface area contributed by atoms with Gasteiger partial charge in [0.1, 0.15) is 11.9 Å². The van der Waals surface area contributed by atoms with Gasteiger partial charge in [0.15, 0.2) is 0 Å². The summed E-state index contributed by atoms with van der Waals surface area (Å²) in [6.07, 6.45) is 2.29. The summed E-state index contributed by atoms with van der Waals surface area (Å²) in [5, 5.41) is 8.82. The van der Waals surface area contributed by atoms with Crippen LogP contribution < -0.4 is 4.90 Å². The standard InChI is InChI=1S/C13H13N3O/c1-3-10-6-13(17)16(8-10)12-5-4-11(7-14)9(2)15-12/h3-5,10H,1,6,8H2,2H3. The van der Waals surface area contributed by atoms with Crippen molar-refractivity contribution in [3.05, 3.63) is 36.0 Å². The molecule has 2 heterocycles. The summed E-state index contributed by atoms with van der Waals surface area (Å²) in [7, 11) is 0. The first kappa shape index (κ1) is 11.3. The Labute approximate surface area is 100 Å². The first-order valence-electron chi connectivity index (χ1n) is 5.46. The van der Waals surface area contributed by atoms with Gasteiger partial charge in [-0.1, -0.05) is 6.08 Å². The van der Waals surface area contributed by atoms with E-state index in [9.17, 15) is 4.79 Å². The molecular formula is C13H13N3O. The summed E-state index contributed by atoms with van der Waals surface area (Å²) < 4.78 is 0. The molecule has 0 spiro atoms. The minimum Gasteiger partial charge on any atom is -0.296 e. The lowest BCUT2D eigenvalue weighted by molar-refractivity contribution is -0.117. The Morgan fingerprint density at radius 3 is 2.94 bits per heavy atom. The number of rotatable bonds is 2. The van der Waals surface area contributed by atoms with Crippen molar-refractivity contribution in [2.24, 2.45) is 5.92 Å². The quantitative estimate of drug-likeness (QED) is 0.724. The van der Waals surface area contributed by atoms with Crippen molar-refractivity contribution in [2.45, 2.75) is 13.3 Å². The Morgan fingerprint density at radius 1 is 1.65 bits per heavy atom. The van der Waals surface area contributed by atoms with Crippen molar-refractivity contribution in [1.82, 2.24) is 4.98 Å². The van der Waals surface area contributed by atoms with Crippen LogP contribution in [-0.2, 0) is 4.79 Å². The fourth-order valence-corrected chi connectivity index (χ4v) is 1.93. The molecule has 1 fully saturated rings. The van der Waals surface area contributed by atoms with Crippen LogP contribution in [0.15, 0.2) is 24.8 Å². The van der Waals surface area contributed by atoms with E-state index in [2.05, 4.69) is 17.6 Å². The number of anilines is 1. The maximum atomic E-state index is 11.8. The van der Waals surface area contributed by atoms with Crippen molar-refractivity contribution in [3.63, 3.8) is 0 Å². The van der Waals surface area contributed by atoms with Crippen LogP contribution in [0.5, 0.6) is 0 Å². The molecule has 2 rings (SSSR count). The molecule has 0 aromatic carbocycles. The third kappa shape index (κ3) is 2.04. The number of aryl methyl sites for hydroxylation is 1. The molecule has 1 aromatic heterocycles. The molecule has 1 unspecified atom stereocenters. The first-order valence-corrected chi connectivity index (χ1v) is 5.46. The van der Waals surface area contributed by atoms with E-state index < -0.39 is 0 Å². The van der Waals surface area contributed by atoms with Gasteiger partial charge in [0.25, 0.3) is 0 Å². The molecule has 1 saturated heterocycles. The van der Waals surface area contributed by atoms with Gasteiger partial charge in [-0.15, -0.1) is 6.58 Å². The zero-order valence-electron chi connectivity index (χ0n) is 9.68. The SMILES string of the molecule is C=CC1CC(=O)N(c2ccc(C#N)c(C)n2)C1. The predicted octanol–water partition coefficient (Wildman–Crippen LogP) is 1.80. The van der Waals surface area contributed by atoms with Gasteiger partial charge in [0.05, 0.1) is 11.3 Å². The van der Waals surface area contributed by atoms with Crippen LogP contribution >= 0.6 is 0 Å². The maximum absolute atomic E-state index is 11.8. The molecule has 1 aromatic rings. The summed E-state index contributed by atoms with van der Waals surface area (Å²) in [6, 6.07) is 5.48. The summed E-state index contributed by atoms with van der Waals surface area (Å²) in [6.45, 7) is 6.10. The lowest BCUT2D eigenvalue weighted by Crippen LogP contribution is -2.25. The Morgan fingerprint density at radius 2 is 2.41 bits per heavy atom. The smallest absolute Gasteiger partial charge is 0.228 e. The molecule has 1 aliphatic rings. The van der Waals surface area contributed by atoms with E-state index in [4.69, 9.17) is 5.26 Å². The number of amides is 1. The predicted molar refractivity (Wildman–Crippen MR) is 64.3 cm³/mol. The van der Waals surface area contributed by atoms with E-state index in [1.54, 1.807) is 30.0 Å². The second kappa shape index (κ2) is 4.38. The van der Waals surface area contributed by atoms with Crippen LogP contribution in [-0.4, -0.2) is 17.4 Å². The van der Waals surface area contributed by atoms with Gasteiger partial charge in [-0.2, -0.15) is 5.26 Å². The summed E-state index contributed by atoms with van der Waals surface area (Å²) >= 11 is 0. The fraction of sp³-hybridized carbons (Fsp3) is 0.308. The van der Waals surface area contributed by atoms with Gasteiger partial charge in [0, 0.05) is 18.9 Å². The lowest BCUT2D eigenvalue weighted by Gasteiger charge is -2.15. The zero-order chi connectivity index (χ0) is 12.4. The van der Waals surface area contributed by atoms with Crippen LogP contribution in [0, 0.1) is 24.2 Å². The number of pyridine rings is 1. The van der Waals surface area contributed by atoms with Crippen molar-refractivity contribution in [2.75, 3.05) is 11.4 Å². The highest BCUT2D eigenvalue weighted by Crippen LogP contribution is 2.24. The molecule has 1 amide bonds. The highest BCUT2D eigenvalue weighted by molar-refractivity contribution is 5.95. The molecule has 4 nitrogen and oxygen atoms in total. The lowest BCUT2D eigenvalue weighted by atomic mass is 10.1. The molecule has 17 heavy (non-hydrogen) atoms. The molecule has 0 bridgehead atoms. The highest BCUT2D eigenvalue weighted by atomic mass is 16.2. The van der Waals surface area contributed by atoms with Gasteiger partial charge < -0.3 is 0 Å². The molecule has 0 aliphatic carbocycles. The molecule has 4 heteroatoms. The average Bonchev–Trinajstić information content (AvgIpc) is 2.70. The number of nitriles is 1. The molecule has 0 saturated carbocycles. The average molecular weight is 227 g/mol. The monoisotopic (exact) mass is 227 g/mol. The molecular weight excluding hydrogens is 214 g/mol. The van der Waals surface area contributed by atoms with E-state index in [0.29, 0.717) is 30.0 Å². The van der Waals surface area contributed by atoms with Crippen LogP contribution in [0.1, 0.15) is 17.7 Å². The zero-order valence-corrected chi connectivity index (χ0v) is 9.68. The Kier molecular flexibility index (Phi) is 2.92. The largest absolute Gasteiger partial charge is 0.296 e. The molecule has 1 aliphatic heterocycles. The maximum Gasteiger partial charge on any atom is 0.228 e. The first-order chi connectivity index (χ1) is 8.15. The molecule has 0 N–H and O–H groups in total. The van der Waals surface area contributed by atoms with Crippen molar-refractivity contribution in [3.8, 4) is 6.07 Å². The third-order valence-corrected chi connectivity index (χ3v) is 2.96. The Bertz CT molecular complexity index is 516. The fourth-order valence-electron chi connectivity index (χ4n) is 1.93. The summed E-state index contributed by atoms with van der Waals surface area (Å²) in [5.41, 5.74) is 1.19. The summed E-state index contributed by atoms with van der Waals surface area (Å²) in [4.78, 5) is 17.7. The normalized spacial score (nSPS) is 19.2. The van der Waals surface area contributed by atoms with Gasteiger partial charge in [-0.05, 0) is 19.1 Å². The van der Waals surface area contributed by atoms with E-state index in [1.165, 1.54) is 0 Å². The number of carbonyl (C=O) groups is 1. The van der Waals surface area contributed by atoms with Crippen LogP contribution in [0.25, 0.3) is 0 Å². The van der Waals surface area contributed by atoms with Gasteiger partial charge in [0.2, 0.25) is 5.91 Å². The van der Waals surface area contributed by atoms with Crippen LogP contribution in [0.4, 0.5) is 5.82 Å². The van der Waals surface area contributed by atoms with Gasteiger partial charge >= 0.3 is 0 Å². The summed E-state index contributed by atoms with van der Waals surface area (Å²) in [5.74, 6) is 0.877. The van der Waals surface area contributed by atoms with Crippen molar-refractivity contribution < 1.29 is 4.79 Å². The third-order valence-electron chi connectivity index (χ3n) is 2.96. The number of hydrogen-bond donors (Lipinski definition) is 0. The molecule has 1 atom stereocenters. The second-order valence-electron chi connectivity index (χ2n) is 4.12. The minimum absolute atomic E-state index is 0.0616. The van der Waals surface area contributed by atoms with E-state index in [0.717, 1.165) is 0 Å². The topological polar surface area (TPSA) is 57.0 Å².